The summed E-state index contributed by atoms with van der Waals surface area (Å²) in [4.78, 5) is 4.94. The maximum atomic E-state index is 5.41. The SMILES string of the molecule is COc1ccc2c(-c3ccccc3)c3cc4ccccc4cc3nc2c1.Cl. The minimum absolute atomic E-state index is 0. The molecule has 0 saturated heterocycles. The van der Waals surface area contributed by atoms with Crippen LogP contribution in [-0.4, -0.2) is 12.1 Å². The molecular weight excluding hydrogens is 354 g/mol. The largest absolute Gasteiger partial charge is 0.497 e. The molecule has 0 unspecified atom stereocenters. The van der Waals surface area contributed by atoms with E-state index in [0.717, 1.165) is 22.2 Å². The van der Waals surface area contributed by atoms with E-state index in [1.807, 2.05) is 18.2 Å². The molecule has 132 valence electrons. The van der Waals surface area contributed by atoms with Crippen LogP contribution in [0.25, 0.3) is 43.7 Å². The van der Waals surface area contributed by atoms with Gasteiger partial charge in [0.25, 0.3) is 0 Å². The highest BCUT2D eigenvalue weighted by Crippen LogP contribution is 2.37. The van der Waals surface area contributed by atoms with Gasteiger partial charge in [-0.25, -0.2) is 4.98 Å². The number of fused-ring (bicyclic) bond motifs is 3. The van der Waals surface area contributed by atoms with Crippen molar-refractivity contribution in [1.29, 1.82) is 0 Å². The van der Waals surface area contributed by atoms with E-state index in [4.69, 9.17) is 9.72 Å². The van der Waals surface area contributed by atoms with Gasteiger partial charge in [-0.1, -0.05) is 54.6 Å². The first-order valence-corrected chi connectivity index (χ1v) is 8.69. The number of nitrogens with zero attached hydrogens (tertiary/aromatic N) is 1. The van der Waals surface area contributed by atoms with E-state index in [2.05, 4.69) is 66.7 Å². The van der Waals surface area contributed by atoms with Crippen molar-refractivity contribution in [3.63, 3.8) is 0 Å². The van der Waals surface area contributed by atoms with Gasteiger partial charge in [-0.05, 0) is 40.6 Å². The van der Waals surface area contributed by atoms with Crippen LogP contribution in [0.4, 0.5) is 0 Å². The smallest absolute Gasteiger partial charge is 0.121 e. The number of aromatic nitrogens is 1. The predicted molar refractivity (Wildman–Crippen MR) is 116 cm³/mol. The first-order chi connectivity index (χ1) is 12.8. The number of ether oxygens (including phenoxy) is 1. The molecule has 0 aliphatic rings. The van der Waals surface area contributed by atoms with Crippen LogP contribution in [0, 0.1) is 0 Å². The highest BCUT2D eigenvalue weighted by atomic mass is 35.5. The lowest BCUT2D eigenvalue weighted by molar-refractivity contribution is 0.415. The van der Waals surface area contributed by atoms with Crippen molar-refractivity contribution in [3.05, 3.63) is 84.9 Å². The lowest BCUT2D eigenvalue weighted by Crippen LogP contribution is -1.91. The average Bonchev–Trinajstić information content (AvgIpc) is 2.70. The molecule has 1 heterocycles. The summed E-state index contributed by atoms with van der Waals surface area (Å²) in [5.74, 6) is 0.823. The Morgan fingerprint density at radius 1 is 0.667 bits per heavy atom. The molecule has 5 aromatic rings. The molecule has 0 fully saturated rings. The molecule has 2 nitrogen and oxygen atoms in total. The van der Waals surface area contributed by atoms with E-state index < -0.39 is 0 Å². The van der Waals surface area contributed by atoms with Crippen molar-refractivity contribution >= 4 is 45.0 Å². The molecule has 0 spiro atoms. The number of methoxy groups -OCH3 is 1. The summed E-state index contributed by atoms with van der Waals surface area (Å²) in [5, 5.41) is 4.74. The van der Waals surface area contributed by atoms with Crippen LogP contribution in [0.3, 0.4) is 0 Å². The first kappa shape index (κ1) is 17.3. The zero-order valence-electron chi connectivity index (χ0n) is 14.8. The topological polar surface area (TPSA) is 22.1 Å². The highest BCUT2D eigenvalue weighted by Gasteiger charge is 2.12. The minimum atomic E-state index is 0. The van der Waals surface area contributed by atoms with Crippen LogP contribution in [0.15, 0.2) is 84.9 Å². The Hall–Kier alpha value is -3.10. The maximum Gasteiger partial charge on any atom is 0.121 e. The quantitative estimate of drug-likeness (QED) is 0.324. The Morgan fingerprint density at radius 2 is 1.33 bits per heavy atom. The fraction of sp³-hybridized carbons (Fsp3) is 0.0417. The van der Waals surface area contributed by atoms with Crippen LogP contribution in [-0.2, 0) is 0 Å². The molecule has 5 rings (SSSR count). The predicted octanol–water partition coefficient (Wildman–Crippen LogP) is 6.64. The molecular formula is C24H18ClNO. The molecule has 0 aliphatic heterocycles. The van der Waals surface area contributed by atoms with Crippen LogP contribution in [0.2, 0.25) is 0 Å². The molecule has 3 heteroatoms. The van der Waals surface area contributed by atoms with E-state index in [0.29, 0.717) is 0 Å². The Bertz CT molecular complexity index is 1270. The van der Waals surface area contributed by atoms with Crippen LogP contribution in [0.5, 0.6) is 5.75 Å². The monoisotopic (exact) mass is 371 g/mol. The number of pyridine rings is 1. The second-order valence-corrected chi connectivity index (χ2v) is 6.45. The number of halogens is 1. The fourth-order valence-electron chi connectivity index (χ4n) is 3.65. The van der Waals surface area contributed by atoms with Crippen molar-refractivity contribution in [1.82, 2.24) is 4.98 Å². The van der Waals surface area contributed by atoms with Gasteiger partial charge >= 0.3 is 0 Å². The van der Waals surface area contributed by atoms with Gasteiger partial charge in [0.05, 0.1) is 18.1 Å². The Morgan fingerprint density at radius 3 is 2.07 bits per heavy atom. The third-order valence-electron chi connectivity index (χ3n) is 4.91. The maximum absolute atomic E-state index is 5.41. The van der Waals surface area contributed by atoms with E-state index in [1.54, 1.807) is 7.11 Å². The second kappa shape index (κ2) is 6.90. The third kappa shape index (κ3) is 2.88. The van der Waals surface area contributed by atoms with Crippen LogP contribution < -0.4 is 4.74 Å². The van der Waals surface area contributed by atoms with Gasteiger partial charge in [-0.3, -0.25) is 0 Å². The van der Waals surface area contributed by atoms with Gasteiger partial charge in [0.2, 0.25) is 0 Å². The summed E-state index contributed by atoms with van der Waals surface area (Å²) in [6, 6.07) is 29.5. The standard InChI is InChI=1S/C24H17NO.ClH/c1-26-19-11-12-20-23(15-19)25-22-14-18-10-6-5-9-17(18)13-21(22)24(20)16-7-3-2-4-8-16;/h2-15H,1H3;1H. The number of hydrogen-bond acceptors (Lipinski definition) is 2. The zero-order valence-corrected chi connectivity index (χ0v) is 15.7. The third-order valence-corrected chi connectivity index (χ3v) is 4.91. The number of hydrogen-bond donors (Lipinski definition) is 0. The van der Waals surface area contributed by atoms with Gasteiger partial charge in [0.15, 0.2) is 0 Å². The van der Waals surface area contributed by atoms with Gasteiger partial charge in [0.1, 0.15) is 5.75 Å². The lowest BCUT2D eigenvalue weighted by Gasteiger charge is -2.13. The Kier molecular flexibility index (Phi) is 4.43. The lowest BCUT2D eigenvalue weighted by atomic mass is 9.94. The zero-order chi connectivity index (χ0) is 17.5. The number of rotatable bonds is 2. The van der Waals surface area contributed by atoms with Crippen molar-refractivity contribution in [2.24, 2.45) is 0 Å². The minimum Gasteiger partial charge on any atom is -0.497 e. The van der Waals surface area contributed by atoms with Gasteiger partial charge in [-0.2, -0.15) is 0 Å². The van der Waals surface area contributed by atoms with Crippen LogP contribution >= 0.6 is 12.4 Å². The van der Waals surface area contributed by atoms with E-state index in [9.17, 15) is 0 Å². The molecule has 0 N–H and O–H groups in total. The molecule has 0 aliphatic carbocycles. The summed E-state index contributed by atoms with van der Waals surface area (Å²) in [6.45, 7) is 0. The molecule has 0 saturated carbocycles. The molecule has 4 aromatic carbocycles. The summed E-state index contributed by atoms with van der Waals surface area (Å²) in [5.41, 5.74) is 4.37. The van der Waals surface area contributed by atoms with Gasteiger partial charge < -0.3 is 4.74 Å². The normalized spacial score (nSPS) is 10.9. The van der Waals surface area contributed by atoms with Crippen molar-refractivity contribution in [2.45, 2.75) is 0 Å². The van der Waals surface area contributed by atoms with Crippen molar-refractivity contribution in [2.75, 3.05) is 7.11 Å². The van der Waals surface area contributed by atoms with E-state index in [1.165, 1.54) is 27.3 Å². The van der Waals surface area contributed by atoms with Gasteiger partial charge in [-0.15, -0.1) is 12.4 Å². The fourth-order valence-corrected chi connectivity index (χ4v) is 3.65. The van der Waals surface area contributed by atoms with E-state index >= 15 is 0 Å². The van der Waals surface area contributed by atoms with Gasteiger partial charge in [0, 0.05) is 22.4 Å². The molecule has 27 heavy (non-hydrogen) atoms. The average molecular weight is 372 g/mol. The Balaban J connectivity index is 0.00000180. The van der Waals surface area contributed by atoms with E-state index in [-0.39, 0.29) is 12.4 Å². The molecule has 1 aromatic heterocycles. The summed E-state index contributed by atoms with van der Waals surface area (Å²) in [7, 11) is 1.69. The highest BCUT2D eigenvalue weighted by molar-refractivity contribution is 6.13. The van der Waals surface area contributed by atoms with Crippen molar-refractivity contribution < 1.29 is 4.74 Å². The summed E-state index contributed by atoms with van der Waals surface area (Å²) < 4.78 is 5.41. The summed E-state index contributed by atoms with van der Waals surface area (Å²) in [6.07, 6.45) is 0. The van der Waals surface area contributed by atoms with Crippen LogP contribution in [0.1, 0.15) is 0 Å². The Labute approximate surface area is 163 Å². The molecule has 0 atom stereocenters. The first-order valence-electron chi connectivity index (χ1n) is 8.69. The summed E-state index contributed by atoms with van der Waals surface area (Å²) >= 11 is 0. The molecule has 0 amide bonds. The number of benzene rings is 4. The molecule has 0 radical (unpaired) electrons. The second-order valence-electron chi connectivity index (χ2n) is 6.45. The van der Waals surface area contributed by atoms with Crippen molar-refractivity contribution in [3.8, 4) is 16.9 Å². The molecule has 0 bridgehead atoms.